The lowest BCUT2D eigenvalue weighted by Gasteiger charge is -2.36. The highest BCUT2D eigenvalue weighted by Gasteiger charge is 2.38. The predicted molar refractivity (Wildman–Crippen MR) is 101 cm³/mol. The van der Waals surface area contributed by atoms with E-state index in [9.17, 15) is 14.4 Å². The third-order valence-electron chi connectivity index (χ3n) is 6.16. The zero-order valence-corrected chi connectivity index (χ0v) is 16.4. The summed E-state index contributed by atoms with van der Waals surface area (Å²) in [6.07, 6.45) is 7.55. The van der Waals surface area contributed by atoms with Crippen LogP contribution in [0.4, 0.5) is 0 Å². The average Bonchev–Trinajstić information content (AvgIpc) is 3.39. The van der Waals surface area contributed by atoms with Crippen molar-refractivity contribution in [3.05, 3.63) is 0 Å². The number of ether oxygens (including phenoxy) is 1. The second kappa shape index (κ2) is 9.53. The van der Waals surface area contributed by atoms with Crippen LogP contribution >= 0.6 is 0 Å². The summed E-state index contributed by atoms with van der Waals surface area (Å²) in [6, 6.07) is -0.520. The minimum atomic E-state index is -0.520. The number of piperidine rings is 1. The van der Waals surface area contributed by atoms with Gasteiger partial charge in [-0.15, -0.1) is 0 Å². The van der Waals surface area contributed by atoms with Gasteiger partial charge in [0.05, 0.1) is 6.61 Å². The van der Waals surface area contributed by atoms with Gasteiger partial charge in [0.25, 0.3) is 0 Å². The van der Waals surface area contributed by atoms with Gasteiger partial charge in [0.15, 0.2) is 0 Å². The Morgan fingerprint density at radius 3 is 2.26 bits per heavy atom. The molecule has 1 atom stereocenters. The highest BCUT2D eigenvalue weighted by molar-refractivity contribution is 5.89. The molecule has 3 fully saturated rings. The fourth-order valence-corrected chi connectivity index (χ4v) is 4.28. The van der Waals surface area contributed by atoms with Gasteiger partial charge >= 0.3 is 0 Å². The molecule has 0 aromatic heterocycles. The first kappa shape index (κ1) is 20.1. The molecule has 1 saturated heterocycles. The minimum absolute atomic E-state index is 0.0101. The lowest BCUT2D eigenvalue weighted by Crippen LogP contribution is -2.55. The predicted octanol–water partition coefficient (Wildman–Crippen LogP) is 1.07. The van der Waals surface area contributed by atoms with Gasteiger partial charge in [-0.1, -0.05) is 12.8 Å². The monoisotopic (exact) mass is 379 g/mol. The fraction of sp³-hybridized carbons (Fsp3) is 0.850. The summed E-state index contributed by atoms with van der Waals surface area (Å²) >= 11 is 0. The van der Waals surface area contributed by atoms with Crippen molar-refractivity contribution in [1.29, 1.82) is 0 Å². The number of hydrogen-bond donors (Lipinski definition) is 2. The molecule has 152 valence electrons. The van der Waals surface area contributed by atoms with Gasteiger partial charge in [-0.05, 0) is 44.4 Å². The largest absolute Gasteiger partial charge is 0.383 e. The Hall–Kier alpha value is -1.63. The van der Waals surface area contributed by atoms with E-state index in [1.165, 1.54) is 0 Å². The minimum Gasteiger partial charge on any atom is -0.383 e. The van der Waals surface area contributed by atoms with Crippen LogP contribution in [0.25, 0.3) is 0 Å². The second-order valence-electron chi connectivity index (χ2n) is 8.19. The number of nitrogens with zero attached hydrogens (tertiary/aromatic N) is 1. The molecule has 1 heterocycles. The highest BCUT2D eigenvalue weighted by Crippen LogP contribution is 2.33. The Bertz CT molecular complexity index is 535. The van der Waals surface area contributed by atoms with E-state index in [1.54, 1.807) is 7.11 Å². The quantitative estimate of drug-likeness (QED) is 0.618. The Kier molecular flexibility index (Phi) is 7.10. The summed E-state index contributed by atoms with van der Waals surface area (Å²) in [5, 5.41) is 5.92. The van der Waals surface area contributed by atoms with Crippen LogP contribution in [-0.2, 0) is 19.1 Å². The number of nitrogens with one attached hydrogen (secondary N) is 2. The van der Waals surface area contributed by atoms with E-state index in [4.69, 9.17) is 4.74 Å². The van der Waals surface area contributed by atoms with Crippen molar-refractivity contribution < 1.29 is 19.1 Å². The molecule has 1 unspecified atom stereocenters. The number of rotatable bonds is 8. The molecule has 3 aliphatic rings. The molecule has 0 aromatic carbocycles. The van der Waals surface area contributed by atoms with Crippen molar-refractivity contribution in [2.75, 3.05) is 33.4 Å². The van der Waals surface area contributed by atoms with E-state index >= 15 is 0 Å². The molecule has 2 N–H and O–H groups in total. The first-order valence-corrected chi connectivity index (χ1v) is 10.5. The van der Waals surface area contributed by atoms with Gasteiger partial charge < -0.3 is 20.3 Å². The number of likely N-dealkylation sites (tertiary alicyclic amines) is 1. The van der Waals surface area contributed by atoms with Crippen molar-refractivity contribution in [1.82, 2.24) is 15.5 Å². The van der Waals surface area contributed by atoms with Crippen LogP contribution in [0, 0.1) is 17.8 Å². The van der Waals surface area contributed by atoms with Crippen LogP contribution < -0.4 is 10.6 Å². The lowest BCUT2D eigenvalue weighted by molar-refractivity contribution is -0.136. The zero-order valence-electron chi connectivity index (χ0n) is 16.4. The van der Waals surface area contributed by atoms with Crippen molar-refractivity contribution >= 4 is 17.7 Å². The Morgan fingerprint density at radius 2 is 1.67 bits per heavy atom. The van der Waals surface area contributed by atoms with Crippen LogP contribution in [0.1, 0.15) is 51.4 Å². The van der Waals surface area contributed by atoms with Crippen LogP contribution in [0.3, 0.4) is 0 Å². The number of carbonyl (C=O) groups excluding carboxylic acids is 3. The van der Waals surface area contributed by atoms with Crippen molar-refractivity contribution in [3.8, 4) is 0 Å². The zero-order chi connectivity index (χ0) is 19.2. The van der Waals surface area contributed by atoms with Crippen molar-refractivity contribution in [2.24, 2.45) is 17.8 Å². The number of hydrogen-bond acceptors (Lipinski definition) is 4. The van der Waals surface area contributed by atoms with Crippen LogP contribution in [0.15, 0.2) is 0 Å². The Morgan fingerprint density at radius 1 is 1.00 bits per heavy atom. The second-order valence-corrected chi connectivity index (χ2v) is 8.19. The maximum Gasteiger partial charge on any atom is 0.242 e. The first-order chi connectivity index (χ1) is 13.1. The molecule has 3 rings (SSSR count). The standard InChI is InChI=1S/C20H33N3O4/c1-27-13-10-21-19(25)17(22-18(24)15-4-2-3-5-15)14-8-11-23(12-9-14)20(26)16-6-7-16/h14-17H,2-13H2,1H3,(H,21,25)(H,22,24). The summed E-state index contributed by atoms with van der Waals surface area (Å²) < 4.78 is 5.00. The van der Waals surface area contributed by atoms with Gasteiger partial charge in [-0.25, -0.2) is 0 Å². The molecule has 3 amide bonds. The molecule has 0 bridgehead atoms. The number of carbonyl (C=O) groups is 3. The maximum atomic E-state index is 12.7. The topological polar surface area (TPSA) is 87.7 Å². The van der Waals surface area contributed by atoms with Crippen LogP contribution in [-0.4, -0.2) is 62.0 Å². The molecular weight excluding hydrogens is 346 g/mol. The number of amides is 3. The highest BCUT2D eigenvalue weighted by atomic mass is 16.5. The van der Waals surface area contributed by atoms with Crippen LogP contribution in [0.2, 0.25) is 0 Å². The third kappa shape index (κ3) is 5.43. The van der Waals surface area contributed by atoms with Crippen molar-refractivity contribution in [2.45, 2.75) is 57.4 Å². The summed E-state index contributed by atoms with van der Waals surface area (Å²) in [6.45, 7) is 2.25. The molecule has 7 heteroatoms. The van der Waals surface area contributed by atoms with Gasteiger partial charge in [0, 0.05) is 38.6 Å². The van der Waals surface area contributed by atoms with Gasteiger partial charge in [-0.2, -0.15) is 0 Å². The van der Waals surface area contributed by atoms with Gasteiger partial charge in [0.2, 0.25) is 17.7 Å². The van der Waals surface area contributed by atoms with Gasteiger partial charge in [0.1, 0.15) is 6.04 Å². The van der Waals surface area contributed by atoms with E-state index in [0.29, 0.717) is 26.2 Å². The van der Waals surface area contributed by atoms with Gasteiger partial charge in [-0.3, -0.25) is 14.4 Å². The summed E-state index contributed by atoms with van der Waals surface area (Å²) in [5.41, 5.74) is 0. The van der Waals surface area contributed by atoms with E-state index in [0.717, 1.165) is 51.4 Å². The number of methoxy groups -OCH3 is 1. The lowest BCUT2D eigenvalue weighted by atomic mass is 9.88. The normalized spacial score (nSPS) is 22.5. The van der Waals surface area contributed by atoms with Crippen LogP contribution in [0.5, 0.6) is 0 Å². The first-order valence-electron chi connectivity index (χ1n) is 10.5. The average molecular weight is 380 g/mol. The maximum absolute atomic E-state index is 12.7. The Labute approximate surface area is 161 Å². The van der Waals surface area contributed by atoms with Crippen molar-refractivity contribution in [3.63, 3.8) is 0 Å². The van der Waals surface area contributed by atoms with E-state index < -0.39 is 6.04 Å². The smallest absolute Gasteiger partial charge is 0.242 e. The third-order valence-corrected chi connectivity index (χ3v) is 6.16. The molecule has 0 aromatic rings. The molecular formula is C20H33N3O4. The molecule has 27 heavy (non-hydrogen) atoms. The Balaban J connectivity index is 1.57. The molecule has 2 aliphatic carbocycles. The van der Waals surface area contributed by atoms with E-state index in [2.05, 4.69) is 10.6 Å². The summed E-state index contributed by atoms with van der Waals surface area (Å²) in [7, 11) is 1.60. The van der Waals surface area contributed by atoms with E-state index in [-0.39, 0.29) is 35.5 Å². The molecule has 2 saturated carbocycles. The van der Waals surface area contributed by atoms with E-state index in [1.807, 2.05) is 4.90 Å². The molecule has 1 aliphatic heterocycles. The fourth-order valence-electron chi connectivity index (χ4n) is 4.28. The molecule has 7 nitrogen and oxygen atoms in total. The summed E-state index contributed by atoms with van der Waals surface area (Å²) in [4.78, 5) is 39.6. The SMILES string of the molecule is COCCNC(=O)C(NC(=O)C1CCCC1)C1CCN(C(=O)C2CC2)CC1. The molecule has 0 radical (unpaired) electrons. The molecule has 0 spiro atoms. The summed E-state index contributed by atoms with van der Waals surface area (Å²) in [5.74, 6) is 0.486.